The number of hydrogen-bond acceptors (Lipinski definition) is 5. The minimum atomic E-state index is -0.838. The number of nitrogens with zero attached hydrogens (tertiary/aromatic N) is 1. The van der Waals surface area contributed by atoms with E-state index in [9.17, 15) is 18.8 Å². The van der Waals surface area contributed by atoms with Crippen molar-refractivity contribution < 1.29 is 28.2 Å². The van der Waals surface area contributed by atoms with E-state index < -0.39 is 17.8 Å². The van der Waals surface area contributed by atoms with E-state index in [1.165, 1.54) is 19.3 Å². The van der Waals surface area contributed by atoms with E-state index in [1.54, 1.807) is 60.7 Å². The van der Waals surface area contributed by atoms with Crippen LogP contribution in [0.15, 0.2) is 76.8 Å². The molecule has 0 saturated carbocycles. The molecule has 0 atom stereocenters. The fourth-order valence-electron chi connectivity index (χ4n) is 3.28. The van der Waals surface area contributed by atoms with Crippen molar-refractivity contribution in [1.29, 1.82) is 0 Å². The monoisotopic (exact) mass is 524 g/mol. The van der Waals surface area contributed by atoms with Gasteiger partial charge < -0.3 is 9.47 Å². The van der Waals surface area contributed by atoms with Crippen LogP contribution in [0.4, 0.5) is 14.9 Å². The Morgan fingerprint density at radius 2 is 1.76 bits per heavy atom. The second-order valence-electron chi connectivity index (χ2n) is 7.23. The lowest BCUT2D eigenvalue weighted by Gasteiger charge is -2.26. The minimum absolute atomic E-state index is 0.0333. The van der Waals surface area contributed by atoms with Crippen LogP contribution in [0.5, 0.6) is 11.5 Å². The topological polar surface area (TPSA) is 84.9 Å². The quantitative estimate of drug-likeness (QED) is 0.368. The molecular formula is C25H18BrFN2O5. The van der Waals surface area contributed by atoms with Crippen molar-refractivity contribution in [1.82, 2.24) is 5.32 Å². The molecule has 0 bridgehead atoms. The van der Waals surface area contributed by atoms with Crippen molar-refractivity contribution in [2.45, 2.75) is 6.61 Å². The van der Waals surface area contributed by atoms with Crippen LogP contribution < -0.4 is 19.7 Å². The number of urea groups is 1. The number of ether oxygens (including phenoxy) is 2. The number of nitrogens with one attached hydrogen (secondary N) is 1. The molecule has 4 rings (SSSR count). The molecule has 7 nitrogen and oxygen atoms in total. The second-order valence-corrected chi connectivity index (χ2v) is 8.08. The van der Waals surface area contributed by atoms with Gasteiger partial charge in [0.05, 0.1) is 17.3 Å². The molecule has 0 unspecified atom stereocenters. The van der Waals surface area contributed by atoms with E-state index >= 15 is 0 Å². The number of anilines is 1. The van der Waals surface area contributed by atoms with E-state index in [0.29, 0.717) is 32.8 Å². The molecule has 9 heteroatoms. The molecule has 1 aliphatic rings. The number of halogens is 2. The third-order valence-electron chi connectivity index (χ3n) is 5.04. The van der Waals surface area contributed by atoms with Gasteiger partial charge >= 0.3 is 6.03 Å². The van der Waals surface area contributed by atoms with Crippen LogP contribution in [0.1, 0.15) is 11.1 Å². The molecule has 1 aliphatic heterocycles. The van der Waals surface area contributed by atoms with Gasteiger partial charge in [0.2, 0.25) is 0 Å². The Kier molecular flexibility index (Phi) is 6.74. The van der Waals surface area contributed by atoms with Gasteiger partial charge in [0.25, 0.3) is 11.8 Å². The largest absolute Gasteiger partial charge is 0.497 e. The van der Waals surface area contributed by atoms with Gasteiger partial charge in [-0.15, -0.1) is 0 Å². The highest BCUT2D eigenvalue weighted by atomic mass is 79.9. The normalized spacial score (nSPS) is 14.9. The number of amides is 4. The summed E-state index contributed by atoms with van der Waals surface area (Å²) in [5, 5.41) is 2.18. The average molecular weight is 525 g/mol. The van der Waals surface area contributed by atoms with Crippen molar-refractivity contribution in [3.63, 3.8) is 0 Å². The molecule has 3 aromatic rings. The maximum absolute atomic E-state index is 13.8. The summed E-state index contributed by atoms with van der Waals surface area (Å²) in [5.74, 6) is -0.897. The van der Waals surface area contributed by atoms with Crippen LogP contribution >= 0.6 is 15.9 Å². The first-order valence-corrected chi connectivity index (χ1v) is 10.9. The molecule has 1 heterocycles. The lowest BCUT2D eigenvalue weighted by molar-refractivity contribution is -0.122. The molecule has 34 heavy (non-hydrogen) atoms. The fourth-order valence-corrected chi connectivity index (χ4v) is 3.80. The summed E-state index contributed by atoms with van der Waals surface area (Å²) < 4.78 is 25.1. The molecule has 0 aromatic heterocycles. The Bertz CT molecular complexity index is 1310. The number of rotatable bonds is 6. The Balaban J connectivity index is 1.56. The van der Waals surface area contributed by atoms with E-state index in [-0.39, 0.29) is 18.0 Å². The summed E-state index contributed by atoms with van der Waals surface area (Å²) in [7, 11) is 1.50. The van der Waals surface area contributed by atoms with E-state index in [0.717, 1.165) is 4.90 Å². The summed E-state index contributed by atoms with van der Waals surface area (Å²) >= 11 is 3.40. The molecule has 3 aromatic carbocycles. The van der Waals surface area contributed by atoms with Crippen molar-refractivity contribution in [3.05, 3.63) is 93.7 Å². The molecule has 0 spiro atoms. The van der Waals surface area contributed by atoms with E-state index in [2.05, 4.69) is 21.2 Å². The first-order valence-electron chi connectivity index (χ1n) is 10.1. The molecule has 1 fully saturated rings. The molecular weight excluding hydrogens is 507 g/mol. The average Bonchev–Trinajstić information content (AvgIpc) is 2.82. The molecule has 0 aliphatic carbocycles. The molecule has 1 saturated heterocycles. The van der Waals surface area contributed by atoms with Crippen LogP contribution in [-0.2, 0) is 16.2 Å². The lowest BCUT2D eigenvalue weighted by Crippen LogP contribution is -2.54. The summed E-state index contributed by atoms with van der Waals surface area (Å²) in [6.45, 7) is 0.0333. The highest BCUT2D eigenvalue weighted by molar-refractivity contribution is 9.10. The molecule has 0 radical (unpaired) electrons. The summed E-state index contributed by atoms with van der Waals surface area (Å²) in [6, 6.07) is 16.7. The predicted molar refractivity (Wildman–Crippen MR) is 127 cm³/mol. The Hall–Kier alpha value is -3.98. The van der Waals surface area contributed by atoms with E-state index in [4.69, 9.17) is 9.47 Å². The van der Waals surface area contributed by atoms with E-state index in [1.807, 2.05) is 0 Å². The number of carbonyl (C=O) groups excluding carboxylic acids is 3. The van der Waals surface area contributed by atoms with Crippen molar-refractivity contribution in [2.24, 2.45) is 0 Å². The zero-order valence-electron chi connectivity index (χ0n) is 17.9. The molecule has 172 valence electrons. The van der Waals surface area contributed by atoms with Crippen molar-refractivity contribution >= 4 is 45.5 Å². The van der Waals surface area contributed by atoms with Gasteiger partial charge in [-0.1, -0.05) is 24.3 Å². The first kappa shape index (κ1) is 23.2. The predicted octanol–water partition coefficient (Wildman–Crippen LogP) is 4.84. The van der Waals surface area contributed by atoms with Gasteiger partial charge in [-0.2, -0.15) is 0 Å². The smallest absolute Gasteiger partial charge is 0.335 e. The number of benzene rings is 3. The number of hydrogen-bond donors (Lipinski definition) is 1. The van der Waals surface area contributed by atoms with Crippen LogP contribution in [0, 0.1) is 5.82 Å². The number of methoxy groups -OCH3 is 1. The second kappa shape index (κ2) is 9.88. The van der Waals surface area contributed by atoms with Crippen LogP contribution in [0.3, 0.4) is 0 Å². The molecule has 4 amide bonds. The SMILES string of the molecule is COc1ccc(N2C(=O)NC(=O)/C(=C\c3ccc(OCc4ccccc4F)c(Br)c3)C2=O)cc1. The number of barbiturate groups is 1. The highest BCUT2D eigenvalue weighted by Gasteiger charge is 2.36. The van der Waals surface area contributed by atoms with Crippen molar-refractivity contribution in [2.75, 3.05) is 12.0 Å². The Morgan fingerprint density at radius 1 is 1.03 bits per heavy atom. The highest BCUT2D eigenvalue weighted by Crippen LogP contribution is 2.29. The number of imide groups is 2. The third kappa shape index (κ3) is 4.84. The molecule has 1 N–H and O–H groups in total. The maximum atomic E-state index is 13.8. The fraction of sp³-hybridized carbons (Fsp3) is 0.0800. The van der Waals surface area contributed by atoms with Crippen LogP contribution in [0.25, 0.3) is 6.08 Å². The van der Waals surface area contributed by atoms with Gasteiger partial charge in [0, 0.05) is 5.56 Å². The zero-order valence-corrected chi connectivity index (χ0v) is 19.5. The summed E-state index contributed by atoms with van der Waals surface area (Å²) in [6.07, 6.45) is 1.38. The van der Waals surface area contributed by atoms with Gasteiger partial charge in [-0.25, -0.2) is 14.1 Å². The van der Waals surface area contributed by atoms with Gasteiger partial charge in [0.15, 0.2) is 0 Å². The third-order valence-corrected chi connectivity index (χ3v) is 5.66. The maximum Gasteiger partial charge on any atom is 0.335 e. The standard InChI is InChI=1S/C25H18BrFN2O5/c1-33-18-9-7-17(8-10-18)29-24(31)19(23(30)28-25(29)32)12-15-6-11-22(20(26)13-15)34-14-16-4-2-3-5-21(16)27/h2-13H,14H2,1H3,(H,28,30,32)/b19-12+. The van der Waals surface area contributed by atoms with Gasteiger partial charge in [0.1, 0.15) is 29.5 Å². The summed E-state index contributed by atoms with van der Waals surface area (Å²) in [5.41, 5.74) is 1.02. The Labute approximate surface area is 202 Å². The lowest BCUT2D eigenvalue weighted by atomic mass is 10.1. The van der Waals surface area contributed by atoms with Crippen LogP contribution in [-0.4, -0.2) is 25.0 Å². The van der Waals surface area contributed by atoms with Crippen LogP contribution in [0.2, 0.25) is 0 Å². The van der Waals surface area contributed by atoms with Gasteiger partial charge in [-0.05, 0) is 70.0 Å². The number of carbonyl (C=O) groups is 3. The van der Waals surface area contributed by atoms with Gasteiger partial charge in [-0.3, -0.25) is 14.9 Å². The minimum Gasteiger partial charge on any atom is -0.497 e. The Morgan fingerprint density at radius 3 is 2.44 bits per heavy atom. The zero-order chi connectivity index (χ0) is 24.2. The summed E-state index contributed by atoms with van der Waals surface area (Å²) in [4.78, 5) is 38.6. The van der Waals surface area contributed by atoms with Crippen molar-refractivity contribution in [3.8, 4) is 11.5 Å². The first-order chi connectivity index (χ1) is 16.4.